The Bertz CT molecular complexity index is 742. The lowest BCUT2D eigenvalue weighted by Gasteiger charge is -2.22. The lowest BCUT2D eigenvalue weighted by molar-refractivity contribution is -0.132. The molecule has 6 nitrogen and oxygen atoms in total. The molecule has 1 atom stereocenters. The van der Waals surface area contributed by atoms with Crippen LogP contribution in [0.1, 0.15) is 71.9 Å². The van der Waals surface area contributed by atoms with Crippen molar-refractivity contribution >= 4 is 29.0 Å². The molecule has 1 fully saturated rings. The number of carbonyl (C=O) groups is 2. The van der Waals surface area contributed by atoms with Crippen molar-refractivity contribution in [2.24, 2.45) is 5.41 Å². The molecule has 0 bridgehead atoms. The SMILES string of the molecule is CC(C)(C)CC(=O)N1CCC(O)C1.CC1=C(c2ccc(CNC=O)cc2)SCN1.CCC. The molecule has 1 aromatic rings. The number of benzene rings is 1. The number of hydrogen-bond acceptors (Lipinski definition) is 5. The first-order chi connectivity index (χ1) is 15.1. The number of nitrogens with one attached hydrogen (secondary N) is 2. The third kappa shape index (κ3) is 10.6. The monoisotopic (exact) mass is 463 g/mol. The van der Waals surface area contributed by atoms with Crippen LogP contribution in [0.4, 0.5) is 0 Å². The average Bonchev–Trinajstić information content (AvgIpc) is 3.35. The smallest absolute Gasteiger partial charge is 0.223 e. The highest BCUT2D eigenvalue weighted by atomic mass is 32.2. The van der Waals surface area contributed by atoms with Crippen LogP contribution < -0.4 is 10.6 Å². The van der Waals surface area contributed by atoms with Gasteiger partial charge in [0.2, 0.25) is 12.3 Å². The lowest BCUT2D eigenvalue weighted by atomic mass is 9.92. The number of thioether (sulfide) groups is 1. The molecule has 32 heavy (non-hydrogen) atoms. The standard InChI is InChI=1S/C12H14N2OS.C10H19NO2.C3H8/c1-9-12(16-8-14-9)11-4-2-10(3-5-11)6-13-7-15;1-10(2,3)6-9(13)11-5-4-8(12)7-11;1-3-2/h2-5,7,14H,6,8H2,1H3,(H,13,15);8,12H,4-7H2,1-3H3;3H2,1-2H3. The van der Waals surface area contributed by atoms with Gasteiger partial charge in [-0.2, -0.15) is 0 Å². The minimum Gasteiger partial charge on any atom is -0.391 e. The van der Waals surface area contributed by atoms with Crippen LogP contribution in [0.25, 0.3) is 4.91 Å². The molecule has 3 rings (SSSR count). The predicted octanol–water partition coefficient (Wildman–Crippen LogP) is 4.35. The number of hydrogen-bond donors (Lipinski definition) is 3. The number of carbonyl (C=O) groups excluding carboxylic acids is 2. The molecule has 0 aromatic heterocycles. The molecule has 0 radical (unpaired) electrons. The highest BCUT2D eigenvalue weighted by molar-refractivity contribution is 8.08. The first-order valence-electron chi connectivity index (χ1n) is 11.4. The summed E-state index contributed by atoms with van der Waals surface area (Å²) in [6.45, 7) is 14.3. The van der Waals surface area contributed by atoms with Gasteiger partial charge < -0.3 is 20.6 Å². The number of aliphatic hydroxyl groups excluding tert-OH is 1. The van der Waals surface area contributed by atoms with Crippen molar-refractivity contribution in [1.29, 1.82) is 0 Å². The maximum atomic E-state index is 11.6. The fraction of sp³-hybridized carbons (Fsp3) is 0.600. The first kappa shape index (κ1) is 28.0. The molecule has 7 heteroatoms. The van der Waals surface area contributed by atoms with Crippen LogP contribution >= 0.6 is 11.8 Å². The maximum Gasteiger partial charge on any atom is 0.223 e. The van der Waals surface area contributed by atoms with Gasteiger partial charge in [-0.05, 0) is 29.9 Å². The molecule has 1 unspecified atom stereocenters. The Balaban J connectivity index is 0.000000291. The number of amides is 2. The maximum absolute atomic E-state index is 11.6. The molecule has 180 valence electrons. The molecule has 1 saturated heterocycles. The van der Waals surface area contributed by atoms with E-state index in [1.54, 1.807) is 4.90 Å². The minimum absolute atomic E-state index is 0.0463. The van der Waals surface area contributed by atoms with E-state index in [1.165, 1.54) is 22.6 Å². The van der Waals surface area contributed by atoms with Gasteiger partial charge in [-0.15, -0.1) is 11.8 Å². The Kier molecular flexibility index (Phi) is 12.5. The second-order valence-corrected chi connectivity index (χ2v) is 10.3. The summed E-state index contributed by atoms with van der Waals surface area (Å²) in [5, 5.41) is 15.2. The Morgan fingerprint density at radius 2 is 1.91 bits per heavy atom. The van der Waals surface area contributed by atoms with Crippen LogP contribution in [0, 0.1) is 5.41 Å². The first-order valence-corrected chi connectivity index (χ1v) is 12.4. The van der Waals surface area contributed by atoms with Crippen LogP contribution in [-0.4, -0.2) is 47.4 Å². The van der Waals surface area contributed by atoms with Crippen molar-refractivity contribution in [1.82, 2.24) is 15.5 Å². The zero-order valence-electron chi connectivity index (χ0n) is 20.5. The van der Waals surface area contributed by atoms with Gasteiger partial charge in [0.05, 0.1) is 12.0 Å². The van der Waals surface area contributed by atoms with Crippen molar-refractivity contribution < 1.29 is 14.7 Å². The number of rotatable bonds is 5. The summed E-state index contributed by atoms with van der Waals surface area (Å²) in [5.41, 5.74) is 3.64. The van der Waals surface area contributed by atoms with Crippen LogP contribution in [0.2, 0.25) is 0 Å². The Hall–Kier alpha value is -1.99. The molecule has 3 N–H and O–H groups in total. The lowest BCUT2D eigenvalue weighted by Crippen LogP contribution is -2.32. The third-order valence-electron chi connectivity index (χ3n) is 4.70. The molecule has 2 aliphatic heterocycles. The van der Waals surface area contributed by atoms with E-state index in [1.807, 2.05) is 23.9 Å². The molecule has 1 aromatic carbocycles. The quantitative estimate of drug-likeness (QED) is 0.566. The topological polar surface area (TPSA) is 81.7 Å². The van der Waals surface area contributed by atoms with Gasteiger partial charge in [-0.3, -0.25) is 9.59 Å². The van der Waals surface area contributed by atoms with E-state index in [4.69, 9.17) is 0 Å². The molecule has 0 saturated carbocycles. The normalized spacial score (nSPS) is 17.6. The zero-order chi connectivity index (χ0) is 24.1. The highest BCUT2D eigenvalue weighted by Crippen LogP contribution is 2.33. The number of nitrogens with zero attached hydrogens (tertiary/aromatic N) is 1. The fourth-order valence-corrected chi connectivity index (χ4v) is 4.20. The fourth-order valence-electron chi connectivity index (χ4n) is 3.17. The number of aliphatic hydroxyl groups is 1. The molecule has 2 heterocycles. The van der Waals surface area contributed by atoms with E-state index >= 15 is 0 Å². The summed E-state index contributed by atoms with van der Waals surface area (Å²) in [6.07, 6.45) is 2.97. The van der Waals surface area contributed by atoms with Crippen LogP contribution in [0.3, 0.4) is 0 Å². The van der Waals surface area contributed by atoms with E-state index < -0.39 is 0 Å². The van der Waals surface area contributed by atoms with Gasteiger partial charge in [-0.1, -0.05) is 65.3 Å². The number of β-amino-alcohol motifs (C(OH)–C–C–N with tert-alkyl or cyclic N) is 1. The van der Waals surface area contributed by atoms with Crippen molar-refractivity contribution in [3.8, 4) is 0 Å². The Labute approximate surface area is 198 Å². The van der Waals surface area contributed by atoms with Gasteiger partial charge in [0.15, 0.2) is 0 Å². The van der Waals surface area contributed by atoms with Gasteiger partial charge in [-0.25, -0.2) is 0 Å². The van der Waals surface area contributed by atoms with E-state index in [0.717, 1.165) is 30.8 Å². The molecule has 0 spiro atoms. The predicted molar refractivity (Wildman–Crippen MR) is 135 cm³/mol. The summed E-state index contributed by atoms with van der Waals surface area (Å²) in [6, 6.07) is 8.29. The second kappa shape index (κ2) is 14.2. The zero-order valence-corrected chi connectivity index (χ0v) is 21.3. The van der Waals surface area contributed by atoms with E-state index in [9.17, 15) is 14.7 Å². The summed E-state index contributed by atoms with van der Waals surface area (Å²) in [7, 11) is 0. The summed E-state index contributed by atoms with van der Waals surface area (Å²) >= 11 is 1.82. The van der Waals surface area contributed by atoms with Crippen molar-refractivity contribution in [3.63, 3.8) is 0 Å². The highest BCUT2D eigenvalue weighted by Gasteiger charge is 2.27. The van der Waals surface area contributed by atoms with E-state index in [-0.39, 0.29) is 17.4 Å². The van der Waals surface area contributed by atoms with Crippen molar-refractivity contribution in [3.05, 3.63) is 41.1 Å². The molecular weight excluding hydrogens is 422 g/mol. The number of likely N-dealkylation sites (tertiary alicyclic amines) is 1. The third-order valence-corrected chi connectivity index (χ3v) is 5.82. The van der Waals surface area contributed by atoms with Crippen molar-refractivity contribution in [2.45, 2.75) is 73.5 Å². The van der Waals surface area contributed by atoms with Gasteiger partial charge in [0, 0.05) is 36.7 Å². The minimum atomic E-state index is -0.302. The Morgan fingerprint density at radius 3 is 2.34 bits per heavy atom. The summed E-state index contributed by atoms with van der Waals surface area (Å²) in [4.78, 5) is 24.9. The molecular formula is C25H41N3O3S. The van der Waals surface area contributed by atoms with Crippen LogP contribution in [0.15, 0.2) is 30.0 Å². The van der Waals surface area contributed by atoms with Crippen LogP contribution in [0.5, 0.6) is 0 Å². The van der Waals surface area contributed by atoms with E-state index in [0.29, 0.717) is 19.5 Å². The largest absolute Gasteiger partial charge is 0.391 e. The van der Waals surface area contributed by atoms with Crippen LogP contribution in [-0.2, 0) is 16.1 Å². The van der Waals surface area contributed by atoms with Crippen molar-refractivity contribution in [2.75, 3.05) is 19.0 Å². The molecule has 0 aliphatic carbocycles. The molecule has 2 aliphatic rings. The van der Waals surface area contributed by atoms with E-state index in [2.05, 4.69) is 64.3 Å². The van der Waals surface area contributed by atoms with Gasteiger partial charge >= 0.3 is 0 Å². The molecule has 2 amide bonds. The summed E-state index contributed by atoms with van der Waals surface area (Å²) in [5.74, 6) is 1.12. The summed E-state index contributed by atoms with van der Waals surface area (Å²) < 4.78 is 0. The number of allylic oxidation sites excluding steroid dienone is 1. The second-order valence-electron chi connectivity index (χ2n) is 9.34. The average molecular weight is 464 g/mol. The Morgan fingerprint density at radius 1 is 1.28 bits per heavy atom. The van der Waals surface area contributed by atoms with Gasteiger partial charge in [0.1, 0.15) is 0 Å². The van der Waals surface area contributed by atoms with Gasteiger partial charge in [0.25, 0.3) is 0 Å².